The molecule has 2 rings (SSSR count). The Balaban J connectivity index is 2.52. The lowest BCUT2D eigenvalue weighted by Gasteiger charge is -2.01. The van der Waals surface area contributed by atoms with Gasteiger partial charge in [0.25, 0.3) is 0 Å². The topological polar surface area (TPSA) is 58.0 Å². The van der Waals surface area contributed by atoms with Crippen LogP contribution in [0.2, 0.25) is 0 Å². The molecule has 13 heavy (non-hydrogen) atoms. The van der Waals surface area contributed by atoms with Gasteiger partial charge in [-0.15, -0.1) is 0 Å². The van der Waals surface area contributed by atoms with Crippen molar-refractivity contribution in [3.63, 3.8) is 0 Å². The predicted molar refractivity (Wildman–Crippen MR) is 47.1 cm³/mol. The van der Waals surface area contributed by atoms with E-state index in [0.29, 0.717) is 0 Å². The van der Waals surface area contributed by atoms with E-state index in [9.17, 15) is 4.79 Å². The zero-order valence-electron chi connectivity index (χ0n) is 6.77. The van der Waals surface area contributed by atoms with Crippen molar-refractivity contribution in [2.45, 2.75) is 0 Å². The van der Waals surface area contributed by atoms with E-state index in [4.69, 9.17) is 5.11 Å². The summed E-state index contributed by atoms with van der Waals surface area (Å²) >= 11 is 0. The van der Waals surface area contributed by atoms with Crippen LogP contribution >= 0.6 is 0 Å². The Kier molecular flexibility index (Phi) is 1.66. The molecule has 0 bridgehead atoms. The summed E-state index contributed by atoms with van der Waals surface area (Å²) in [5, 5.41) is 8.82. The summed E-state index contributed by atoms with van der Waals surface area (Å²) in [7, 11) is 0. The van der Waals surface area contributed by atoms with Gasteiger partial charge in [0.2, 0.25) is 0 Å². The zero-order chi connectivity index (χ0) is 9.26. The SMILES string of the molecule is O=C(O)c1cccn1-c1ccc[nH]1. The fourth-order valence-corrected chi connectivity index (χ4v) is 1.24. The van der Waals surface area contributed by atoms with Gasteiger partial charge < -0.3 is 10.1 Å². The number of carbonyl (C=O) groups is 1. The monoisotopic (exact) mass is 176 g/mol. The van der Waals surface area contributed by atoms with Crippen LogP contribution in [0, 0.1) is 0 Å². The lowest BCUT2D eigenvalue weighted by molar-refractivity contribution is 0.0688. The Morgan fingerprint density at radius 3 is 2.85 bits per heavy atom. The van der Waals surface area contributed by atoms with E-state index in [2.05, 4.69) is 4.98 Å². The van der Waals surface area contributed by atoms with Gasteiger partial charge in [0.1, 0.15) is 11.5 Å². The van der Waals surface area contributed by atoms with Crippen molar-refractivity contribution in [2.24, 2.45) is 0 Å². The molecule has 2 heterocycles. The standard InChI is InChI=1S/C9H8N2O2/c12-9(13)7-3-2-6-11(7)8-4-1-5-10-8/h1-6,10H,(H,12,13). The highest BCUT2D eigenvalue weighted by atomic mass is 16.4. The van der Waals surface area contributed by atoms with E-state index in [0.717, 1.165) is 5.82 Å². The smallest absolute Gasteiger partial charge is 0.352 e. The van der Waals surface area contributed by atoms with Crippen LogP contribution < -0.4 is 0 Å². The Morgan fingerprint density at radius 1 is 1.38 bits per heavy atom. The maximum Gasteiger partial charge on any atom is 0.352 e. The average Bonchev–Trinajstić information content (AvgIpc) is 2.74. The van der Waals surface area contributed by atoms with E-state index in [1.54, 1.807) is 29.1 Å². The summed E-state index contributed by atoms with van der Waals surface area (Å²) in [6.07, 6.45) is 3.45. The summed E-state index contributed by atoms with van der Waals surface area (Å²) in [6, 6.07) is 6.89. The van der Waals surface area contributed by atoms with Crippen LogP contribution in [0.1, 0.15) is 10.5 Å². The number of hydrogen-bond donors (Lipinski definition) is 2. The van der Waals surface area contributed by atoms with E-state index in [-0.39, 0.29) is 5.69 Å². The molecular weight excluding hydrogens is 168 g/mol. The third kappa shape index (κ3) is 1.22. The number of hydrogen-bond acceptors (Lipinski definition) is 1. The fraction of sp³-hybridized carbons (Fsp3) is 0. The molecule has 4 nitrogen and oxygen atoms in total. The van der Waals surface area contributed by atoms with Crippen molar-refractivity contribution in [1.82, 2.24) is 9.55 Å². The summed E-state index contributed by atoms with van der Waals surface area (Å²) in [6.45, 7) is 0. The van der Waals surface area contributed by atoms with Crippen molar-refractivity contribution >= 4 is 5.97 Å². The van der Waals surface area contributed by atoms with E-state index < -0.39 is 5.97 Å². The van der Waals surface area contributed by atoms with Gasteiger partial charge in [0.05, 0.1) is 0 Å². The molecule has 0 aliphatic rings. The summed E-state index contributed by atoms with van der Waals surface area (Å²) < 4.78 is 1.59. The predicted octanol–water partition coefficient (Wildman–Crippen LogP) is 1.50. The first-order valence-corrected chi connectivity index (χ1v) is 3.83. The van der Waals surface area contributed by atoms with Gasteiger partial charge in [-0.1, -0.05) is 0 Å². The molecular formula is C9H8N2O2. The van der Waals surface area contributed by atoms with Crippen LogP contribution in [0.15, 0.2) is 36.7 Å². The van der Waals surface area contributed by atoms with Crippen LogP contribution in [0.3, 0.4) is 0 Å². The molecule has 0 aromatic carbocycles. The number of aromatic nitrogens is 2. The minimum Gasteiger partial charge on any atom is -0.477 e. The molecule has 2 N–H and O–H groups in total. The molecule has 0 fully saturated rings. The second-order valence-corrected chi connectivity index (χ2v) is 2.62. The van der Waals surface area contributed by atoms with Gasteiger partial charge in [0.15, 0.2) is 0 Å². The summed E-state index contributed by atoms with van der Waals surface area (Å²) in [4.78, 5) is 13.7. The molecule has 0 saturated carbocycles. The van der Waals surface area contributed by atoms with Crippen molar-refractivity contribution in [2.75, 3.05) is 0 Å². The lowest BCUT2D eigenvalue weighted by Crippen LogP contribution is -2.05. The number of carboxylic acids is 1. The molecule has 0 amide bonds. The Hall–Kier alpha value is -1.97. The number of carboxylic acid groups (broad SMARTS) is 1. The highest BCUT2D eigenvalue weighted by molar-refractivity contribution is 5.86. The zero-order valence-corrected chi connectivity index (χ0v) is 6.77. The van der Waals surface area contributed by atoms with Crippen molar-refractivity contribution in [1.29, 1.82) is 0 Å². The van der Waals surface area contributed by atoms with Gasteiger partial charge in [-0.25, -0.2) is 4.79 Å². The number of H-pyrrole nitrogens is 1. The summed E-state index contributed by atoms with van der Waals surface area (Å²) in [5.41, 5.74) is 0.252. The largest absolute Gasteiger partial charge is 0.477 e. The minimum absolute atomic E-state index is 0.252. The molecule has 0 radical (unpaired) electrons. The lowest BCUT2D eigenvalue weighted by atomic mass is 10.4. The maximum atomic E-state index is 10.7. The molecule has 4 heteroatoms. The maximum absolute atomic E-state index is 10.7. The van der Waals surface area contributed by atoms with Gasteiger partial charge in [-0.05, 0) is 24.3 Å². The molecule has 0 saturated heterocycles. The molecule has 0 aliphatic heterocycles. The van der Waals surface area contributed by atoms with Crippen LogP contribution in [0.25, 0.3) is 5.82 Å². The van der Waals surface area contributed by atoms with E-state index in [1.807, 2.05) is 12.1 Å². The first-order chi connectivity index (χ1) is 6.29. The first kappa shape index (κ1) is 7.67. The highest BCUT2D eigenvalue weighted by Crippen LogP contribution is 2.09. The third-order valence-electron chi connectivity index (χ3n) is 1.81. The normalized spacial score (nSPS) is 10.2. The van der Waals surface area contributed by atoms with Crippen LogP contribution in [0.4, 0.5) is 0 Å². The van der Waals surface area contributed by atoms with Crippen molar-refractivity contribution < 1.29 is 9.90 Å². The van der Waals surface area contributed by atoms with Gasteiger partial charge in [-0.3, -0.25) is 4.57 Å². The fourth-order valence-electron chi connectivity index (χ4n) is 1.24. The van der Waals surface area contributed by atoms with E-state index >= 15 is 0 Å². The second kappa shape index (κ2) is 2.82. The highest BCUT2D eigenvalue weighted by Gasteiger charge is 2.09. The molecule has 66 valence electrons. The van der Waals surface area contributed by atoms with Gasteiger partial charge >= 0.3 is 5.97 Å². The van der Waals surface area contributed by atoms with Crippen molar-refractivity contribution in [3.8, 4) is 5.82 Å². The average molecular weight is 176 g/mol. The third-order valence-corrected chi connectivity index (χ3v) is 1.81. The Bertz CT molecular complexity index is 415. The molecule has 0 aliphatic carbocycles. The molecule has 2 aromatic heterocycles. The Labute approximate surface area is 74.4 Å². The number of aromatic amines is 1. The van der Waals surface area contributed by atoms with Gasteiger partial charge in [0, 0.05) is 12.4 Å². The minimum atomic E-state index is -0.931. The quantitative estimate of drug-likeness (QED) is 0.728. The second-order valence-electron chi connectivity index (χ2n) is 2.62. The van der Waals surface area contributed by atoms with E-state index in [1.165, 1.54) is 0 Å². The van der Waals surface area contributed by atoms with Crippen LogP contribution in [-0.2, 0) is 0 Å². The molecule has 0 atom stereocenters. The molecule has 0 unspecified atom stereocenters. The first-order valence-electron chi connectivity index (χ1n) is 3.83. The molecule has 2 aromatic rings. The van der Waals surface area contributed by atoms with Crippen LogP contribution in [-0.4, -0.2) is 20.6 Å². The number of rotatable bonds is 2. The number of aromatic carboxylic acids is 1. The number of nitrogens with one attached hydrogen (secondary N) is 1. The number of nitrogens with zero attached hydrogens (tertiary/aromatic N) is 1. The van der Waals surface area contributed by atoms with Crippen LogP contribution in [0.5, 0.6) is 0 Å². The molecule has 0 spiro atoms. The van der Waals surface area contributed by atoms with Gasteiger partial charge in [-0.2, -0.15) is 0 Å². The van der Waals surface area contributed by atoms with Crippen molar-refractivity contribution in [3.05, 3.63) is 42.4 Å². The summed E-state index contributed by atoms with van der Waals surface area (Å²) in [5.74, 6) is -0.179. The Morgan fingerprint density at radius 2 is 2.23 bits per heavy atom.